The van der Waals surface area contributed by atoms with E-state index >= 15 is 0 Å². The second-order valence-corrected chi connectivity index (χ2v) is 7.83. The van der Waals surface area contributed by atoms with Crippen LogP contribution in [0.25, 0.3) is 21.4 Å². The normalized spacial score (nSPS) is 12.4. The Hall–Kier alpha value is -4.10. The number of rotatable bonds is 4. The van der Waals surface area contributed by atoms with Crippen molar-refractivity contribution in [2.45, 2.75) is 19.0 Å². The maximum atomic E-state index is 13.2. The van der Waals surface area contributed by atoms with Crippen LogP contribution in [0.1, 0.15) is 24.0 Å². The van der Waals surface area contributed by atoms with E-state index < -0.39 is 34.1 Å². The van der Waals surface area contributed by atoms with Crippen LogP contribution in [0, 0.1) is 6.57 Å². The summed E-state index contributed by atoms with van der Waals surface area (Å²) < 4.78 is 40.8. The number of carbonyl (C=O) groups excluding carboxylic acids is 1. The van der Waals surface area contributed by atoms with Crippen LogP contribution in [0.2, 0.25) is 5.02 Å². The van der Waals surface area contributed by atoms with E-state index in [2.05, 4.69) is 20.4 Å². The first-order valence-corrected chi connectivity index (χ1v) is 10.2. The Morgan fingerprint density at radius 2 is 2.00 bits per heavy atom. The van der Waals surface area contributed by atoms with E-state index in [-0.39, 0.29) is 22.5 Å². The molecular weight excluding hydrogens is 471 g/mol. The van der Waals surface area contributed by atoms with Crippen molar-refractivity contribution in [3.63, 3.8) is 0 Å². The highest BCUT2D eigenvalue weighted by atomic mass is 35.5. The summed E-state index contributed by atoms with van der Waals surface area (Å²) in [6.07, 6.45) is -1.90. The van der Waals surface area contributed by atoms with Crippen LogP contribution >= 0.6 is 11.6 Å². The fourth-order valence-corrected chi connectivity index (χ4v) is 3.74. The minimum absolute atomic E-state index is 0.141. The van der Waals surface area contributed by atoms with E-state index in [4.69, 9.17) is 18.2 Å². The summed E-state index contributed by atoms with van der Waals surface area (Å²) in [7, 11) is 0. The number of nitrogens with zero attached hydrogens (tertiary/aromatic N) is 3. The lowest BCUT2D eigenvalue weighted by Crippen LogP contribution is -2.21. The summed E-state index contributed by atoms with van der Waals surface area (Å²) in [6, 6.07) is 9.64. The molecule has 0 aliphatic rings. The summed E-state index contributed by atoms with van der Waals surface area (Å²) in [5.74, 6) is -1.27. The van der Waals surface area contributed by atoms with Gasteiger partial charge in [0.15, 0.2) is 0 Å². The molecular formula is C23H15ClF3N5O2. The van der Waals surface area contributed by atoms with Crippen LogP contribution in [0.15, 0.2) is 59.7 Å². The third kappa shape index (κ3) is 4.13. The maximum Gasteiger partial charge on any atom is 0.417 e. The number of halogens is 4. The molecule has 0 spiro atoms. The van der Waals surface area contributed by atoms with Crippen LogP contribution < -0.4 is 10.9 Å². The number of hydrogen-bond donors (Lipinski definition) is 2. The molecule has 2 aromatic heterocycles. The number of benzene rings is 2. The highest BCUT2D eigenvalue weighted by Crippen LogP contribution is 2.36. The topological polar surface area (TPSA) is 84.1 Å². The number of carbonyl (C=O) groups is 1. The van der Waals surface area contributed by atoms with Gasteiger partial charge in [0.05, 0.1) is 29.3 Å². The van der Waals surface area contributed by atoms with Gasteiger partial charge in [0.2, 0.25) is 11.6 Å². The summed E-state index contributed by atoms with van der Waals surface area (Å²) in [6.45, 7) is 8.67. The molecule has 1 atom stereocenters. The number of hydrogen-bond acceptors (Lipinski definition) is 3. The summed E-state index contributed by atoms with van der Waals surface area (Å²) >= 11 is 5.67. The Morgan fingerprint density at radius 3 is 2.71 bits per heavy atom. The molecule has 2 heterocycles. The zero-order valence-corrected chi connectivity index (χ0v) is 18.2. The van der Waals surface area contributed by atoms with Gasteiger partial charge in [-0.25, -0.2) is 4.85 Å². The lowest BCUT2D eigenvalue weighted by molar-refractivity contribution is -0.137. The number of anilines is 1. The largest absolute Gasteiger partial charge is 0.417 e. The number of H-pyrrole nitrogens is 1. The van der Waals surface area contributed by atoms with Crippen molar-refractivity contribution in [1.29, 1.82) is 0 Å². The zero-order valence-electron chi connectivity index (χ0n) is 17.4. The van der Waals surface area contributed by atoms with Crippen LogP contribution in [-0.2, 0) is 11.0 Å². The standard InChI is InChI=1S/C23H15ClF3N5O2/c1-12(13-6-7-17(24)16(10-13)23(25,26)27)21(33)30-18-5-3-4-15-14(18)8-9-32(22(15)34)20-19(28-2)11-29-31-20/h3-12H,1H3,(H,29,31)(H,30,33). The smallest absolute Gasteiger partial charge is 0.325 e. The maximum absolute atomic E-state index is 13.2. The second kappa shape index (κ2) is 8.68. The van der Waals surface area contributed by atoms with E-state index in [1.807, 2.05) is 0 Å². The second-order valence-electron chi connectivity index (χ2n) is 7.42. The van der Waals surface area contributed by atoms with Gasteiger partial charge in [0.25, 0.3) is 5.56 Å². The number of alkyl halides is 3. The van der Waals surface area contributed by atoms with Crippen molar-refractivity contribution in [2.75, 3.05) is 5.32 Å². The lowest BCUT2D eigenvalue weighted by Gasteiger charge is -2.17. The Labute approximate surface area is 195 Å². The molecule has 0 saturated heterocycles. The van der Waals surface area contributed by atoms with E-state index in [9.17, 15) is 22.8 Å². The third-order valence-corrected chi connectivity index (χ3v) is 5.68. The average Bonchev–Trinajstić information content (AvgIpc) is 3.27. The number of fused-ring (bicyclic) bond motifs is 1. The number of aromatic nitrogens is 3. The highest BCUT2D eigenvalue weighted by molar-refractivity contribution is 6.31. The molecule has 0 radical (unpaired) electrons. The Balaban J connectivity index is 1.68. The van der Waals surface area contributed by atoms with Crippen molar-refractivity contribution < 1.29 is 18.0 Å². The van der Waals surface area contributed by atoms with Crippen LogP contribution in [0.5, 0.6) is 0 Å². The molecule has 2 aromatic carbocycles. The molecule has 1 unspecified atom stereocenters. The molecule has 2 N–H and O–H groups in total. The molecule has 11 heteroatoms. The van der Waals surface area contributed by atoms with E-state index in [0.29, 0.717) is 11.1 Å². The highest BCUT2D eigenvalue weighted by Gasteiger charge is 2.34. The number of nitrogens with one attached hydrogen (secondary N) is 2. The van der Waals surface area contributed by atoms with Gasteiger partial charge in [0.1, 0.15) is 5.82 Å². The number of pyridine rings is 1. The Morgan fingerprint density at radius 1 is 1.24 bits per heavy atom. The van der Waals surface area contributed by atoms with Gasteiger partial charge in [-0.15, -0.1) is 0 Å². The van der Waals surface area contributed by atoms with E-state index in [1.54, 1.807) is 24.3 Å². The summed E-state index contributed by atoms with van der Waals surface area (Å²) in [4.78, 5) is 29.2. The molecule has 1 amide bonds. The fourth-order valence-electron chi connectivity index (χ4n) is 3.52. The lowest BCUT2D eigenvalue weighted by atomic mass is 9.97. The molecule has 0 fully saturated rings. The molecule has 4 aromatic rings. The van der Waals surface area contributed by atoms with Gasteiger partial charge in [-0.05, 0) is 42.8 Å². The van der Waals surface area contributed by atoms with Crippen LogP contribution in [-0.4, -0.2) is 20.7 Å². The van der Waals surface area contributed by atoms with Gasteiger partial charge >= 0.3 is 6.18 Å². The Kier molecular flexibility index (Phi) is 5.89. The van der Waals surface area contributed by atoms with Gasteiger partial charge < -0.3 is 5.32 Å². The molecule has 172 valence electrons. The molecule has 7 nitrogen and oxygen atoms in total. The molecule has 0 bridgehead atoms. The quantitative estimate of drug-likeness (QED) is 0.365. The van der Waals surface area contributed by atoms with Crippen LogP contribution in [0.3, 0.4) is 0 Å². The number of aromatic amines is 1. The summed E-state index contributed by atoms with van der Waals surface area (Å²) in [5, 5.41) is 9.34. The van der Waals surface area contributed by atoms with Gasteiger partial charge in [-0.2, -0.15) is 18.3 Å². The van der Waals surface area contributed by atoms with Gasteiger partial charge in [-0.3, -0.25) is 19.3 Å². The SMILES string of the molecule is [C-]#[N+]c1cn[nH]c1-n1ccc2c(NC(=O)C(C)c3ccc(Cl)c(C(F)(F)F)c3)cccc2c1=O. The Bertz CT molecular complexity index is 1520. The van der Waals surface area contributed by atoms with Crippen molar-refractivity contribution >= 4 is 39.7 Å². The molecule has 0 aliphatic carbocycles. The molecule has 34 heavy (non-hydrogen) atoms. The van der Waals surface area contributed by atoms with Crippen molar-refractivity contribution in [2.24, 2.45) is 0 Å². The van der Waals surface area contributed by atoms with E-state index in [0.717, 1.165) is 12.1 Å². The van der Waals surface area contributed by atoms with Crippen molar-refractivity contribution in [1.82, 2.24) is 14.8 Å². The molecule has 0 saturated carbocycles. The zero-order chi connectivity index (χ0) is 24.6. The third-order valence-electron chi connectivity index (χ3n) is 5.35. The van der Waals surface area contributed by atoms with Gasteiger partial charge in [-0.1, -0.05) is 23.7 Å². The van der Waals surface area contributed by atoms with Gasteiger partial charge in [0, 0.05) is 22.7 Å². The summed E-state index contributed by atoms with van der Waals surface area (Å²) in [5.41, 5.74) is -0.833. The predicted octanol–water partition coefficient (Wildman–Crippen LogP) is 5.68. The molecule has 0 aliphatic heterocycles. The minimum Gasteiger partial charge on any atom is -0.325 e. The first kappa shape index (κ1) is 23.1. The predicted molar refractivity (Wildman–Crippen MR) is 121 cm³/mol. The minimum atomic E-state index is -4.65. The van der Waals surface area contributed by atoms with Crippen molar-refractivity contribution in [3.05, 3.63) is 92.8 Å². The van der Waals surface area contributed by atoms with E-state index in [1.165, 1.54) is 30.0 Å². The monoisotopic (exact) mass is 485 g/mol. The first-order valence-electron chi connectivity index (χ1n) is 9.85. The van der Waals surface area contributed by atoms with Crippen LogP contribution in [0.4, 0.5) is 24.5 Å². The first-order chi connectivity index (χ1) is 16.1. The van der Waals surface area contributed by atoms with Crippen molar-refractivity contribution in [3.8, 4) is 5.82 Å². The fraction of sp³-hybridized carbons (Fsp3) is 0.130. The number of amides is 1. The molecule has 4 rings (SSSR count). The average molecular weight is 486 g/mol.